The summed E-state index contributed by atoms with van der Waals surface area (Å²) in [5, 5.41) is 3.50. The fraction of sp³-hybridized carbons (Fsp3) is 0.238. The largest absolute Gasteiger partial charge is 0.381 e. The van der Waals surface area contributed by atoms with Gasteiger partial charge in [0.25, 0.3) is 0 Å². The first-order chi connectivity index (χ1) is 10.6. The van der Waals surface area contributed by atoms with Crippen molar-refractivity contribution in [2.75, 3.05) is 6.54 Å². The molecule has 0 saturated carbocycles. The van der Waals surface area contributed by atoms with Crippen molar-refractivity contribution in [3.63, 3.8) is 0 Å². The first-order valence-corrected chi connectivity index (χ1v) is 7.79. The Balaban J connectivity index is 2.48. The molecule has 0 aromatic heterocycles. The Labute approximate surface area is 134 Å². The van der Waals surface area contributed by atoms with Crippen molar-refractivity contribution in [2.24, 2.45) is 5.92 Å². The van der Waals surface area contributed by atoms with Gasteiger partial charge in [0, 0.05) is 17.8 Å². The van der Waals surface area contributed by atoms with Gasteiger partial charge in [0.2, 0.25) is 0 Å². The molecule has 0 aliphatic carbocycles. The summed E-state index contributed by atoms with van der Waals surface area (Å²) in [6, 6.07) is 6.54. The van der Waals surface area contributed by atoms with Gasteiger partial charge in [0.15, 0.2) is 0 Å². The van der Waals surface area contributed by atoms with Crippen LogP contribution in [0.3, 0.4) is 0 Å². The molecule has 0 spiro atoms. The van der Waals surface area contributed by atoms with Gasteiger partial charge in [-0.3, -0.25) is 0 Å². The van der Waals surface area contributed by atoms with E-state index in [-0.39, 0.29) is 0 Å². The van der Waals surface area contributed by atoms with Crippen molar-refractivity contribution < 1.29 is 0 Å². The van der Waals surface area contributed by atoms with Gasteiger partial charge in [-0.1, -0.05) is 63.4 Å². The van der Waals surface area contributed by atoms with Crippen LogP contribution >= 0.6 is 0 Å². The van der Waals surface area contributed by atoms with Gasteiger partial charge in [-0.15, -0.1) is 0 Å². The van der Waals surface area contributed by atoms with Crippen LogP contribution < -0.4 is 5.32 Å². The van der Waals surface area contributed by atoms with Crippen molar-refractivity contribution in [3.05, 3.63) is 84.0 Å². The number of allylic oxidation sites excluding steroid dienone is 6. The molecule has 0 fully saturated rings. The maximum absolute atomic E-state index is 3.90. The van der Waals surface area contributed by atoms with E-state index in [4.69, 9.17) is 0 Å². The SMILES string of the molecule is C=C/C=C(\C=C)c1ccc(C)c(C2=CC(C(C)C)=CCN2)c1. The number of rotatable bonds is 5. The second-order valence-electron chi connectivity index (χ2n) is 5.89. The summed E-state index contributed by atoms with van der Waals surface area (Å²) < 4.78 is 0. The molecule has 1 aromatic carbocycles. The summed E-state index contributed by atoms with van der Waals surface area (Å²) >= 11 is 0. The van der Waals surface area contributed by atoms with Crippen molar-refractivity contribution in [2.45, 2.75) is 20.8 Å². The maximum atomic E-state index is 3.90. The van der Waals surface area contributed by atoms with Crippen molar-refractivity contribution in [1.29, 1.82) is 0 Å². The smallest absolute Gasteiger partial charge is 0.0421 e. The lowest BCUT2D eigenvalue weighted by Gasteiger charge is -2.20. The van der Waals surface area contributed by atoms with Crippen LogP contribution in [-0.2, 0) is 0 Å². The van der Waals surface area contributed by atoms with Crippen molar-refractivity contribution >= 4 is 11.3 Å². The molecule has 0 bridgehead atoms. The third-order valence-electron chi connectivity index (χ3n) is 3.99. The van der Waals surface area contributed by atoms with Gasteiger partial charge in [0.05, 0.1) is 0 Å². The third kappa shape index (κ3) is 3.48. The lowest BCUT2D eigenvalue weighted by molar-refractivity contribution is 0.774. The topological polar surface area (TPSA) is 12.0 Å². The third-order valence-corrected chi connectivity index (χ3v) is 3.99. The van der Waals surface area contributed by atoms with Crippen LogP contribution in [0.2, 0.25) is 0 Å². The Morgan fingerprint density at radius 2 is 2.05 bits per heavy atom. The highest BCUT2D eigenvalue weighted by Gasteiger charge is 2.12. The summed E-state index contributed by atoms with van der Waals surface area (Å²) in [6.45, 7) is 15.2. The standard InChI is InChI=1S/C21H25N/c1-6-8-17(7-2)19-10-9-16(5)20(13-19)21-14-18(15(3)4)11-12-22-21/h6-11,13-15,22H,1-2,12H2,3-5H3/b17-8+. The Kier molecular flexibility index (Phi) is 5.21. The molecule has 1 nitrogen and oxygen atoms in total. The molecule has 2 rings (SSSR count). The molecule has 1 aliphatic rings. The lowest BCUT2D eigenvalue weighted by atomic mass is 9.93. The molecular formula is C21H25N. The monoisotopic (exact) mass is 291 g/mol. The zero-order valence-corrected chi connectivity index (χ0v) is 13.8. The van der Waals surface area contributed by atoms with E-state index in [9.17, 15) is 0 Å². The maximum Gasteiger partial charge on any atom is 0.0421 e. The highest BCUT2D eigenvalue weighted by Crippen LogP contribution is 2.27. The van der Waals surface area contributed by atoms with Crippen LogP contribution in [0, 0.1) is 12.8 Å². The van der Waals surface area contributed by atoms with Gasteiger partial charge >= 0.3 is 0 Å². The predicted molar refractivity (Wildman–Crippen MR) is 98.5 cm³/mol. The zero-order chi connectivity index (χ0) is 16.1. The molecule has 0 saturated heterocycles. The minimum Gasteiger partial charge on any atom is -0.381 e. The lowest BCUT2D eigenvalue weighted by Crippen LogP contribution is -2.18. The molecule has 0 atom stereocenters. The van der Waals surface area contributed by atoms with E-state index in [0.29, 0.717) is 5.92 Å². The Morgan fingerprint density at radius 1 is 1.27 bits per heavy atom. The molecule has 22 heavy (non-hydrogen) atoms. The fourth-order valence-corrected chi connectivity index (χ4v) is 2.63. The van der Waals surface area contributed by atoms with Crippen LogP contribution in [0.5, 0.6) is 0 Å². The van der Waals surface area contributed by atoms with E-state index in [1.807, 2.05) is 12.2 Å². The Bertz CT molecular complexity index is 669. The minimum absolute atomic E-state index is 0.546. The number of hydrogen-bond donors (Lipinski definition) is 1. The molecule has 0 unspecified atom stereocenters. The molecule has 0 amide bonds. The van der Waals surface area contributed by atoms with E-state index < -0.39 is 0 Å². The fourth-order valence-electron chi connectivity index (χ4n) is 2.63. The van der Waals surface area contributed by atoms with E-state index >= 15 is 0 Å². The van der Waals surface area contributed by atoms with Crippen LogP contribution in [0.15, 0.2) is 67.3 Å². The van der Waals surface area contributed by atoms with Crippen LogP contribution in [-0.4, -0.2) is 6.54 Å². The second-order valence-corrected chi connectivity index (χ2v) is 5.89. The summed E-state index contributed by atoms with van der Waals surface area (Å²) in [6.07, 6.45) is 10.2. The van der Waals surface area contributed by atoms with Gasteiger partial charge in [-0.2, -0.15) is 0 Å². The molecular weight excluding hydrogens is 266 g/mol. The number of hydrogen-bond acceptors (Lipinski definition) is 1. The molecule has 1 N–H and O–H groups in total. The molecule has 0 radical (unpaired) electrons. The number of dihydropyridines is 1. The minimum atomic E-state index is 0.546. The Hall–Kier alpha value is -2.28. The average Bonchev–Trinajstić information content (AvgIpc) is 2.53. The summed E-state index contributed by atoms with van der Waals surface area (Å²) in [4.78, 5) is 0. The van der Waals surface area contributed by atoms with Gasteiger partial charge in [0.1, 0.15) is 0 Å². The van der Waals surface area contributed by atoms with Gasteiger partial charge in [-0.05, 0) is 47.3 Å². The van der Waals surface area contributed by atoms with Crippen molar-refractivity contribution in [3.8, 4) is 0 Å². The molecule has 1 aliphatic heterocycles. The predicted octanol–water partition coefficient (Wildman–Crippen LogP) is 5.28. The number of aryl methyl sites for hydroxylation is 1. The molecule has 1 heteroatoms. The van der Waals surface area contributed by atoms with E-state index in [1.165, 1.54) is 28.0 Å². The van der Waals surface area contributed by atoms with Gasteiger partial charge in [-0.25, -0.2) is 0 Å². The van der Waals surface area contributed by atoms with E-state index in [1.54, 1.807) is 6.08 Å². The van der Waals surface area contributed by atoms with Gasteiger partial charge < -0.3 is 5.32 Å². The van der Waals surface area contributed by atoms with Crippen LogP contribution in [0.1, 0.15) is 30.5 Å². The highest BCUT2D eigenvalue weighted by molar-refractivity contribution is 5.79. The van der Waals surface area contributed by atoms with E-state index in [0.717, 1.165) is 12.1 Å². The number of nitrogens with one attached hydrogen (secondary N) is 1. The van der Waals surface area contributed by atoms with Crippen molar-refractivity contribution in [1.82, 2.24) is 5.32 Å². The van der Waals surface area contributed by atoms with E-state index in [2.05, 4.69) is 69.6 Å². The molecule has 1 aromatic rings. The quantitative estimate of drug-likeness (QED) is 0.728. The van der Waals surface area contributed by atoms with Crippen LogP contribution in [0.4, 0.5) is 0 Å². The van der Waals surface area contributed by atoms with Crippen LogP contribution in [0.25, 0.3) is 11.3 Å². The first-order valence-electron chi connectivity index (χ1n) is 7.79. The molecule has 1 heterocycles. The highest BCUT2D eigenvalue weighted by atomic mass is 14.9. The summed E-state index contributed by atoms with van der Waals surface area (Å²) in [5.41, 5.74) is 7.37. The normalized spacial score (nSPS) is 15.0. The Morgan fingerprint density at radius 3 is 2.68 bits per heavy atom. The summed E-state index contributed by atoms with van der Waals surface area (Å²) in [7, 11) is 0. The first kappa shape index (κ1) is 16.1. The number of benzene rings is 1. The zero-order valence-electron chi connectivity index (χ0n) is 13.8. The summed E-state index contributed by atoms with van der Waals surface area (Å²) in [5.74, 6) is 0.546. The average molecular weight is 291 g/mol. The second kappa shape index (κ2) is 7.13. The molecule has 114 valence electrons.